The van der Waals surface area contributed by atoms with Gasteiger partial charge in [-0.2, -0.15) is 12.6 Å². The number of hydrogen-bond acceptors (Lipinski definition) is 4. The molecule has 1 N–H and O–H groups in total. The van der Waals surface area contributed by atoms with Crippen LogP contribution in [0.2, 0.25) is 0 Å². The van der Waals surface area contributed by atoms with Crippen molar-refractivity contribution in [3.8, 4) is 0 Å². The summed E-state index contributed by atoms with van der Waals surface area (Å²) in [5.41, 5.74) is 0. The highest BCUT2D eigenvalue weighted by atomic mass is 32.1. The van der Waals surface area contributed by atoms with E-state index in [4.69, 9.17) is 0 Å². The topological polar surface area (TPSA) is 58.6 Å². The van der Waals surface area contributed by atoms with Gasteiger partial charge in [0.2, 0.25) is 5.91 Å². The lowest BCUT2D eigenvalue weighted by atomic mass is 9.96. The summed E-state index contributed by atoms with van der Waals surface area (Å²) < 4.78 is 4.64. The van der Waals surface area contributed by atoms with Crippen LogP contribution in [0.4, 0.5) is 4.79 Å². The largest absolute Gasteiger partial charge is 0.453 e. The first-order valence-electron chi connectivity index (χ1n) is 5.90. The zero-order chi connectivity index (χ0) is 12.7. The molecule has 0 unspecified atom stereocenters. The summed E-state index contributed by atoms with van der Waals surface area (Å²) in [4.78, 5) is 24.6. The van der Waals surface area contributed by atoms with Gasteiger partial charge in [-0.15, -0.1) is 0 Å². The molecule has 0 radical (unpaired) electrons. The van der Waals surface area contributed by atoms with E-state index in [1.165, 1.54) is 7.11 Å². The minimum absolute atomic E-state index is 0.0239. The highest BCUT2D eigenvalue weighted by Crippen LogP contribution is 2.17. The van der Waals surface area contributed by atoms with Crippen LogP contribution >= 0.6 is 12.6 Å². The smallest absolute Gasteiger partial charge is 0.409 e. The molecular formula is C11H20N2O3S. The number of nitrogens with zero attached hydrogens (tertiary/aromatic N) is 1. The van der Waals surface area contributed by atoms with Crippen molar-refractivity contribution >= 4 is 24.6 Å². The van der Waals surface area contributed by atoms with Gasteiger partial charge in [0, 0.05) is 25.6 Å². The van der Waals surface area contributed by atoms with Crippen molar-refractivity contribution in [2.75, 3.05) is 32.5 Å². The number of carbonyl (C=O) groups is 2. The fraction of sp³-hybridized carbons (Fsp3) is 0.818. The van der Waals surface area contributed by atoms with Crippen molar-refractivity contribution in [2.24, 2.45) is 5.92 Å². The van der Waals surface area contributed by atoms with E-state index in [2.05, 4.69) is 22.7 Å². The molecule has 1 fully saturated rings. The SMILES string of the molecule is COC(=O)N1CCC(C(=O)NCCCS)CC1. The molecule has 0 spiro atoms. The van der Waals surface area contributed by atoms with Crippen LogP contribution in [0.3, 0.4) is 0 Å². The van der Waals surface area contributed by atoms with Gasteiger partial charge in [-0.25, -0.2) is 4.79 Å². The van der Waals surface area contributed by atoms with E-state index in [0.717, 1.165) is 12.2 Å². The maximum Gasteiger partial charge on any atom is 0.409 e. The van der Waals surface area contributed by atoms with Crippen molar-refractivity contribution in [1.82, 2.24) is 10.2 Å². The Morgan fingerprint density at radius 3 is 2.59 bits per heavy atom. The van der Waals surface area contributed by atoms with Gasteiger partial charge < -0.3 is 15.0 Å². The normalized spacial score (nSPS) is 16.7. The van der Waals surface area contributed by atoms with Gasteiger partial charge >= 0.3 is 6.09 Å². The molecule has 1 rings (SSSR count). The number of rotatable bonds is 4. The minimum atomic E-state index is -0.307. The molecular weight excluding hydrogens is 240 g/mol. The number of nitrogens with one attached hydrogen (secondary N) is 1. The fourth-order valence-corrected chi connectivity index (χ4v) is 2.05. The maximum atomic E-state index is 11.7. The Morgan fingerprint density at radius 2 is 2.06 bits per heavy atom. The molecule has 1 heterocycles. The third-order valence-electron chi connectivity index (χ3n) is 2.93. The molecule has 1 saturated heterocycles. The summed E-state index contributed by atoms with van der Waals surface area (Å²) in [7, 11) is 1.37. The third-order valence-corrected chi connectivity index (χ3v) is 3.25. The van der Waals surface area contributed by atoms with Gasteiger partial charge in [0.05, 0.1) is 7.11 Å². The summed E-state index contributed by atoms with van der Waals surface area (Å²) in [5.74, 6) is 0.897. The van der Waals surface area contributed by atoms with Gasteiger partial charge in [0.15, 0.2) is 0 Å². The van der Waals surface area contributed by atoms with Crippen LogP contribution in [-0.4, -0.2) is 49.4 Å². The molecule has 98 valence electrons. The Balaban J connectivity index is 2.26. The van der Waals surface area contributed by atoms with E-state index in [0.29, 0.717) is 32.5 Å². The van der Waals surface area contributed by atoms with E-state index in [-0.39, 0.29) is 17.9 Å². The minimum Gasteiger partial charge on any atom is -0.453 e. The number of ether oxygens (including phenoxy) is 1. The van der Waals surface area contributed by atoms with Crippen LogP contribution in [0.15, 0.2) is 0 Å². The second-order valence-corrected chi connectivity index (χ2v) is 4.55. The number of amides is 2. The number of likely N-dealkylation sites (tertiary alicyclic amines) is 1. The lowest BCUT2D eigenvalue weighted by Crippen LogP contribution is -2.43. The predicted octanol–water partition coefficient (Wildman–Crippen LogP) is 0.901. The predicted molar refractivity (Wildman–Crippen MR) is 68.2 cm³/mol. The lowest BCUT2D eigenvalue weighted by molar-refractivity contribution is -0.126. The second kappa shape index (κ2) is 7.42. The molecule has 0 aromatic rings. The Bertz CT molecular complexity index is 265. The van der Waals surface area contributed by atoms with E-state index in [1.807, 2.05) is 0 Å². The maximum absolute atomic E-state index is 11.7. The molecule has 2 amide bonds. The Labute approximate surface area is 107 Å². The van der Waals surface area contributed by atoms with Gasteiger partial charge in [-0.3, -0.25) is 4.79 Å². The molecule has 1 aliphatic heterocycles. The third kappa shape index (κ3) is 4.46. The van der Waals surface area contributed by atoms with Crippen LogP contribution in [0.5, 0.6) is 0 Å². The first kappa shape index (κ1) is 14.2. The zero-order valence-corrected chi connectivity index (χ0v) is 11.0. The number of piperidine rings is 1. The van der Waals surface area contributed by atoms with Gasteiger partial charge in [0.1, 0.15) is 0 Å². The molecule has 17 heavy (non-hydrogen) atoms. The lowest BCUT2D eigenvalue weighted by Gasteiger charge is -2.30. The molecule has 0 aromatic heterocycles. The first-order chi connectivity index (χ1) is 8.19. The van der Waals surface area contributed by atoms with Crippen LogP contribution in [-0.2, 0) is 9.53 Å². The zero-order valence-electron chi connectivity index (χ0n) is 10.1. The average Bonchev–Trinajstić information content (AvgIpc) is 2.38. The average molecular weight is 260 g/mol. The first-order valence-corrected chi connectivity index (χ1v) is 6.53. The monoisotopic (exact) mass is 260 g/mol. The van der Waals surface area contributed by atoms with Gasteiger partial charge in [0.25, 0.3) is 0 Å². The van der Waals surface area contributed by atoms with Crippen LogP contribution in [0.25, 0.3) is 0 Å². The summed E-state index contributed by atoms with van der Waals surface area (Å²) in [6, 6.07) is 0. The highest BCUT2D eigenvalue weighted by molar-refractivity contribution is 7.80. The summed E-state index contributed by atoms with van der Waals surface area (Å²) >= 11 is 4.09. The Kier molecular flexibility index (Phi) is 6.18. The van der Waals surface area contributed by atoms with Crippen LogP contribution < -0.4 is 5.32 Å². The van der Waals surface area contributed by atoms with Crippen molar-refractivity contribution in [1.29, 1.82) is 0 Å². The van der Waals surface area contributed by atoms with Crippen molar-refractivity contribution in [2.45, 2.75) is 19.3 Å². The van der Waals surface area contributed by atoms with Crippen LogP contribution in [0, 0.1) is 5.92 Å². The molecule has 0 aliphatic carbocycles. The van der Waals surface area contributed by atoms with Crippen molar-refractivity contribution in [3.05, 3.63) is 0 Å². The molecule has 0 saturated carbocycles. The summed E-state index contributed by atoms with van der Waals surface area (Å²) in [6.45, 7) is 1.87. The molecule has 0 atom stereocenters. The van der Waals surface area contributed by atoms with Crippen molar-refractivity contribution in [3.63, 3.8) is 0 Å². The van der Waals surface area contributed by atoms with Crippen molar-refractivity contribution < 1.29 is 14.3 Å². The van der Waals surface area contributed by atoms with E-state index in [1.54, 1.807) is 4.90 Å². The standard InChI is InChI=1S/C11H20N2O3S/c1-16-11(15)13-6-3-9(4-7-13)10(14)12-5-2-8-17/h9,17H,2-8H2,1H3,(H,12,14). The summed E-state index contributed by atoms with van der Waals surface area (Å²) in [6.07, 6.45) is 2.00. The Morgan fingerprint density at radius 1 is 1.41 bits per heavy atom. The van der Waals surface area contributed by atoms with E-state index in [9.17, 15) is 9.59 Å². The van der Waals surface area contributed by atoms with E-state index < -0.39 is 0 Å². The molecule has 1 aliphatic rings. The van der Waals surface area contributed by atoms with E-state index >= 15 is 0 Å². The number of methoxy groups -OCH3 is 1. The second-order valence-electron chi connectivity index (χ2n) is 4.10. The van der Waals surface area contributed by atoms with Gasteiger partial charge in [-0.1, -0.05) is 0 Å². The molecule has 0 aromatic carbocycles. The fourth-order valence-electron chi connectivity index (χ4n) is 1.89. The Hall–Kier alpha value is -0.910. The highest BCUT2D eigenvalue weighted by Gasteiger charge is 2.27. The molecule has 5 nitrogen and oxygen atoms in total. The number of carbonyl (C=O) groups excluding carboxylic acids is 2. The summed E-state index contributed by atoms with van der Waals surface area (Å²) in [5, 5.41) is 2.89. The molecule has 6 heteroatoms. The number of thiol groups is 1. The van der Waals surface area contributed by atoms with Gasteiger partial charge in [-0.05, 0) is 25.0 Å². The van der Waals surface area contributed by atoms with Crippen LogP contribution in [0.1, 0.15) is 19.3 Å². The number of hydrogen-bond donors (Lipinski definition) is 2. The molecule has 0 bridgehead atoms. The quantitative estimate of drug-likeness (QED) is 0.583.